The van der Waals surface area contributed by atoms with Crippen LogP contribution < -0.4 is 15.4 Å². The number of aliphatic carboxylic acids is 1. The molecule has 14 nitrogen and oxygen atoms in total. The fraction of sp³-hybridized carbons (Fsp3) is 0.593. The van der Waals surface area contributed by atoms with Crippen molar-refractivity contribution in [3.63, 3.8) is 0 Å². The van der Waals surface area contributed by atoms with Crippen molar-refractivity contribution in [3.8, 4) is 5.75 Å². The lowest BCUT2D eigenvalue weighted by molar-refractivity contribution is -0.140. The molecule has 0 bridgehead atoms. The van der Waals surface area contributed by atoms with Crippen molar-refractivity contribution in [1.29, 1.82) is 0 Å². The van der Waals surface area contributed by atoms with E-state index in [0.29, 0.717) is 5.56 Å². The van der Waals surface area contributed by atoms with Gasteiger partial charge in [0.25, 0.3) is 0 Å². The number of amides is 4. The van der Waals surface area contributed by atoms with E-state index < -0.39 is 30.2 Å². The predicted octanol–water partition coefficient (Wildman–Crippen LogP) is 0.517. The monoisotopic (exact) mass is 583 g/mol. The molecule has 6 N–H and O–H groups in total. The Morgan fingerprint density at radius 3 is 2.27 bits per heavy atom. The van der Waals surface area contributed by atoms with E-state index in [9.17, 15) is 34.2 Å². The number of rotatable bonds is 17. The number of ether oxygens (including phenoxy) is 2. The second-order valence-electron chi connectivity index (χ2n) is 9.38. The molecule has 0 spiro atoms. The lowest BCUT2D eigenvalue weighted by Gasteiger charge is -2.25. The van der Waals surface area contributed by atoms with Crippen LogP contribution in [0.5, 0.6) is 5.75 Å². The molecule has 2 rings (SSSR count). The first-order valence-electron chi connectivity index (χ1n) is 13.3. The first-order valence-corrected chi connectivity index (χ1v) is 13.3. The lowest BCUT2D eigenvalue weighted by Crippen LogP contribution is -2.35. The first-order chi connectivity index (χ1) is 19.5. The van der Waals surface area contributed by atoms with Gasteiger partial charge in [-0.2, -0.15) is 0 Å². The normalized spacial score (nSPS) is 14.3. The van der Waals surface area contributed by atoms with Crippen LogP contribution in [0, 0.1) is 0 Å². The van der Waals surface area contributed by atoms with Gasteiger partial charge in [0.1, 0.15) is 5.75 Å². The number of imide groups is 1. The molecular weight excluding hydrogens is 542 g/mol. The molecule has 1 saturated heterocycles. The quantitative estimate of drug-likeness (QED) is 0.110. The number of benzene rings is 1. The minimum Gasteiger partial charge on any atom is -0.481 e. The summed E-state index contributed by atoms with van der Waals surface area (Å²) in [5.74, 6) is -2.29. The van der Waals surface area contributed by atoms with Crippen LogP contribution >= 0.6 is 0 Å². The van der Waals surface area contributed by atoms with E-state index in [1.165, 1.54) is 12.1 Å². The van der Waals surface area contributed by atoms with E-state index in [-0.39, 0.29) is 94.0 Å². The Balaban J connectivity index is 0.00000411. The summed E-state index contributed by atoms with van der Waals surface area (Å²) >= 11 is 0. The molecule has 2 atom stereocenters. The van der Waals surface area contributed by atoms with Gasteiger partial charge in [-0.3, -0.25) is 28.9 Å². The van der Waals surface area contributed by atoms with E-state index in [0.717, 1.165) is 12.0 Å². The Labute approximate surface area is 238 Å². The zero-order valence-electron chi connectivity index (χ0n) is 23.6. The Morgan fingerprint density at radius 2 is 1.68 bits per heavy atom. The maximum absolute atomic E-state index is 12.6. The topological polar surface area (TPSA) is 212 Å². The van der Waals surface area contributed by atoms with Crippen LogP contribution in [0.4, 0.5) is 5.69 Å². The number of hydrogen-bond acceptors (Lipinski definition) is 10. The number of nitrogens with one attached hydrogen (secondary N) is 2. The molecule has 41 heavy (non-hydrogen) atoms. The van der Waals surface area contributed by atoms with Crippen molar-refractivity contribution in [3.05, 3.63) is 23.8 Å². The van der Waals surface area contributed by atoms with Gasteiger partial charge in [-0.05, 0) is 38.0 Å². The largest absolute Gasteiger partial charge is 0.481 e. The molecule has 0 radical (unpaired) electrons. The molecule has 1 heterocycles. The highest BCUT2D eigenvalue weighted by Gasteiger charge is 2.28. The van der Waals surface area contributed by atoms with Gasteiger partial charge in [0.2, 0.25) is 29.9 Å². The molecule has 1 aliphatic rings. The fourth-order valence-electron chi connectivity index (χ4n) is 3.78. The van der Waals surface area contributed by atoms with Crippen LogP contribution in [0.2, 0.25) is 0 Å². The van der Waals surface area contributed by atoms with Gasteiger partial charge < -0.3 is 40.5 Å². The number of carboxylic acid groups (broad SMARTS) is 1. The summed E-state index contributed by atoms with van der Waals surface area (Å²) in [6.45, 7) is 3.26. The Kier molecular flexibility index (Phi) is 16.2. The van der Waals surface area contributed by atoms with Gasteiger partial charge in [-0.15, -0.1) is 0 Å². The van der Waals surface area contributed by atoms with Crippen LogP contribution in [0.25, 0.3) is 0 Å². The smallest absolute Gasteiger partial charge is 0.303 e. The van der Waals surface area contributed by atoms with Crippen molar-refractivity contribution in [2.75, 3.05) is 25.5 Å². The Morgan fingerprint density at radius 1 is 1.02 bits per heavy atom. The number of likely N-dealkylation sites (tertiary alicyclic amines) is 1. The summed E-state index contributed by atoms with van der Waals surface area (Å²) in [5, 5.41) is 40.9. The van der Waals surface area contributed by atoms with E-state index in [1.54, 1.807) is 19.9 Å². The van der Waals surface area contributed by atoms with E-state index in [4.69, 9.17) is 19.7 Å². The summed E-state index contributed by atoms with van der Waals surface area (Å²) < 4.78 is 11.6. The number of aliphatic hydroxyl groups is 3. The molecule has 1 aromatic rings. The molecule has 0 aliphatic carbocycles. The Hall–Kier alpha value is -3.59. The fourth-order valence-corrected chi connectivity index (χ4v) is 3.78. The van der Waals surface area contributed by atoms with E-state index >= 15 is 0 Å². The third-order valence-electron chi connectivity index (χ3n) is 5.73. The maximum Gasteiger partial charge on any atom is 0.303 e. The molecule has 0 aromatic heterocycles. The zero-order valence-corrected chi connectivity index (χ0v) is 23.6. The molecule has 0 saturated carbocycles. The average Bonchev–Trinajstić information content (AvgIpc) is 3.24. The summed E-state index contributed by atoms with van der Waals surface area (Å²) in [6, 6.07) is 4.64. The van der Waals surface area contributed by atoms with Gasteiger partial charge >= 0.3 is 5.97 Å². The highest BCUT2D eigenvalue weighted by molar-refractivity contribution is 6.02. The molecule has 4 amide bonds. The van der Waals surface area contributed by atoms with Gasteiger partial charge in [0, 0.05) is 58.7 Å². The van der Waals surface area contributed by atoms with Crippen LogP contribution in [-0.4, -0.2) is 93.6 Å². The molecular formula is C27H41N3O11. The van der Waals surface area contributed by atoms with Crippen LogP contribution in [0.15, 0.2) is 18.2 Å². The van der Waals surface area contributed by atoms with Crippen molar-refractivity contribution < 1.29 is 53.9 Å². The lowest BCUT2D eigenvalue weighted by atomic mass is 10.1. The first kappa shape index (κ1) is 35.4. The number of carbonyl (C=O) groups excluding carboxylic acids is 4. The predicted molar refractivity (Wildman–Crippen MR) is 145 cm³/mol. The van der Waals surface area contributed by atoms with Crippen LogP contribution in [-0.2, 0) is 35.3 Å². The Bertz CT molecular complexity index is 1020. The van der Waals surface area contributed by atoms with Gasteiger partial charge in [0.05, 0.1) is 24.5 Å². The van der Waals surface area contributed by atoms with Crippen molar-refractivity contribution >= 4 is 35.3 Å². The second-order valence-corrected chi connectivity index (χ2v) is 9.38. The minimum atomic E-state index is -1.03. The summed E-state index contributed by atoms with van der Waals surface area (Å²) in [4.78, 5) is 59.8. The van der Waals surface area contributed by atoms with Gasteiger partial charge in [0.15, 0.2) is 0 Å². The highest BCUT2D eigenvalue weighted by Crippen LogP contribution is 2.29. The maximum atomic E-state index is 12.6. The molecule has 2 unspecified atom stereocenters. The summed E-state index contributed by atoms with van der Waals surface area (Å²) in [5.41, 5.74) is 0.737. The number of aliphatic hydroxyl groups excluding tert-OH is 3. The molecule has 1 aromatic carbocycles. The number of carboxylic acids is 1. The van der Waals surface area contributed by atoms with E-state index in [2.05, 4.69) is 10.6 Å². The van der Waals surface area contributed by atoms with Crippen LogP contribution in [0.3, 0.4) is 0 Å². The number of carbonyl (C=O) groups is 5. The molecule has 1 fully saturated rings. The molecule has 14 heteroatoms. The van der Waals surface area contributed by atoms with Crippen molar-refractivity contribution in [2.45, 2.75) is 83.9 Å². The number of nitrogens with zero attached hydrogens (tertiary/aromatic N) is 1. The molecule has 1 aliphatic heterocycles. The minimum absolute atomic E-state index is 0.00499. The highest BCUT2D eigenvalue weighted by atomic mass is 16.7. The third kappa shape index (κ3) is 13.5. The number of anilines is 1. The third-order valence-corrected chi connectivity index (χ3v) is 5.73. The van der Waals surface area contributed by atoms with Crippen molar-refractivity contribution in [2.24, 2.45) is 0 Å². The molecule has 230 valence electrons. The number of hydrogen-bond donors (Lipinski definition) is 6. The standard InChI is InChI=1S/C26H37N3O10.CH4O/c1-16(2)38-26(14-18(31)4-8-25(36)37)39-20-5-3-17(15-30)13-19(20)28-22(33)9-11-27-21(32)10-12-29-23(34)6-7-24(29)35;1-2/h3,5,13,16,18,26,30-31H,4,6-12,14-15H2,1-2H3,(H,27,32)(H,28,33)(H,36,37);2H,1H3. The van der Waals surface area contributed by atoms with Crippen LogP contribution in [0.1, 0.15) is 64.4 Å². The summed E-state index contributed by atoms with van der Waals surface area (Å²) in [6.07, 6.45) is -2.28. The SMILES string of the molecule is CC(C)OC(CC(O)CCC(=O)O)Oc1ccc(CO)cc1NC(=O)CCNC(=O)CCN1C(=O)CCC1=O.CO. The van der Waals surface area contributed by atoms with Gasteiger partial charge in [-0.1, -0.05) is 6.07 Å². The van der Waals surface area contributed by atoms with E-state index in [1.807, 2.05) is 0 Å². The summed E-state index contributed by atoms with van der Waals surface area (Å²) in [7, 11) is 1.00. The second kappa shape index (κ2) is 18.7. The zero-order chi connectivity index (χ0) is 30.9. The van der Waals surface area contributed by atoms with Crippen molar-refractivity contribution in [1.82, 2.24) is 10.2 Å². The average molecular weight is 584 g/mol. The van der Waals surface area contributed by atoms with Gasteiger partial charge in [-0.25, -0.2) is 0 Å².